The molecule has 0 radical (unpaired) electrons. The summed E-state index contributed by atoms with van der Waals surface area (Å²) in [4.78, 5) is 9.38. The third kappa shape index (κ3) is 5.81. The van der Waals surface area contributed by atoms with Gasteiger partial charge >= 0.3 is 0 Å². The second kappa shape index (κ2) is 9.27. The van der Waals surface area contributed by atoms with Crippen molar-refractivity contribution in [2.45, 2.75) is 50.3 Å². The van der Waals surface area contributed by atoms with E-state index in [0.717, 1.165) is 63.9 Å². The van der Waals surface area contributed by atoms with Gasteiger partial charge in [0, 0.05) is 24.6 Å². The first-order chi connectivity index (χ1) is 15.6. The molecule has 8 heteroatoms. The summed E-state index contributed by atoms with van der Waals surface area (Å²) in [5.74, 6) is 1.72. The molecule has 33 heavy (non-hydrogen) atoms. The fourth-order valence-electron chi connectivity index (χ4n) is 3.46. The van der Waals surface area contributed by atoms with E-state index in [1.165, 1.54) is 6.26 Å². The number of aryl methyl sites for hydroxylation is 1. The summed E-state index contributed by atoms with van der Waals surface area (Å²) in [6.07, 6.45) is 5.87. The van der Waals surface area contributed by atoms with Crippen LogP contribution in [0.15, 0.2) is 58.0 Å². The molecule has 0 amide bonds. The van der Waals surface area contributed by atoms with Crippen molar-refractivity contribution in [3.8, 4) is 11.1 Å². The first-order valence-corrected chi connectivity index (χ1v) is 13.7. The van der Waals surface area contributed by atoms with Crippen LogP contribution in [-0.4, -0.2) is 31.2 Å². The first-order valence-electron chi connectivity index (χ1n) is 11.0. The lowest BCUT2D eigenvalue weighted by Crippen LogP contribution is -2.09. The van der Waals surface area contributed by atoms with Crippen LogP contribution in [0.1, 0.15) is 45.3 Å². The number of thiazole rings is 1. The van der Waals surface area contributed by atoms with Gasteiger partial charge in [0.15, 0.2) is 20.9 Å². The topological polar surface area (TPSA) is 85.1 Å². The van der Waals surface area contributed by atoms with Gasteiger partial charge in [-0.2, -0.15) is 0 Å². The molecule has 0 aliphatic rings. The normalized spacial score (nSPS) is 12.4. The van der Waals surface area contributed by atoms with Crippen LogP contribution in [-0.2, 0) is 21.7 Å². The maximum Gasteiger partial charge on any atom is 0.194 e. The summed E-state index contributed by atoms with van der Waals surface area (Å²) in [5.41, 5.74) is 2.77. The predicted octanol–water partition coefficient (Wildman–Crippen LogP) is 6.09. The zero-order valence-electron chi connectivity index (χ0n) is 19.4. The monoisotopic (exact) mass is 483 g/mol. The molecule has 0 spiro atoms. The molecule has 0 aliphatic carbocycles. The number of sulfone groups is 1. The summed E-state index contributed by atoms with van der Waals surface area (Å²) >= 11 is 1.60. The van der Waals surface area contributed by atoms with E-state index in [-0.39, 0.29) is 5.41 Å². The number of unbranched alkanes of at least 4 members (excludes halogenated alkanes) is 1. The van der Waals surface area contributed by atoms with E-state index >= 15 is 0 Å². The highest BCUT2D eigenvalue weighted by Crippen LogP contribution is 2.31. The zero-order valence-corrected chi connectivity index (χ0v) is 21.0. The Morgan fingerprint density at radius 2 is 1.85 bits per heavy atom. The van der Waals surface area contributed by atoms with Gasteiger partial charge in [-0.1, -0.05) is 50.3 Å². The van der Waals surface area contributed by atoms with E-state index in [2.05, 4.69) is 42.1 Å². The van der Waals surface area contributed by atoms with Gasteiger partial charge in [-0.3, -0.25) is 0 Å². The molecular weight excluding hydrogens is 454 g/mol. The Morgan fingerprint density at radius 1 is 1.06 bits per heavy atom. The molecule has 2 aromatic carbocycles. The molecule has 0 bridgehead atoms. The summed E-state index contributed by atoms with van der Waals surface area (Å²) in [5, 5.41) is 4.30. The van der Waals surface area contributed by atoms with Crippen molar-refractivity contribution >= 4 is 36.5 Å². The van der Waals surface area contributed by atoms with Gasteiger partial charge in [0.25, 0.3) is 0 Å². The van der Waals surface area contributed by atoms with E-state index in [4.69, 9.17) is 4.42 Å². The smallest absolute Gasteiger partial charge is 0.194 e. The average molecular weight is 484 g/mol. The summed E-state index contributed by atoms with van der Waals surface area (Å²) in [6.45, 7) is 7.19. The van der Waals surface area contributed by atoms with E-state index in [0.29, 0.717) is 4.90 Å². The van der Waals surface area contributed by atoms with Crippen LogP contribution >= 0.6 is 11.3 Å². The van der Waals surface area contributed by atoms with E-state index in [9.17, 15) is 8.42 Å². The second-order valence-electron chi connectivity index (χ2n) is 9.25. The van der Waals surface area contributed by atoms with Crippen LogP contribution in [0.2, 0.25) is 0 Å². The fraction of sp³-hybridized carbons (Fsp3) is 0.360. The number of hydrogen-bond donors (Lipinski definition) is 1. The fourth-order valence-corrected chi connectivity index (χ4v) is 5.05. The lowest BCUT2D eigenvalue weighted by Gasteiger charge is -2.13. The maximum absolute atomic E-state index is 11.9. The minimum atomic E-state index is -3.24. The number of hydrogen-bond acceptors (Lipinski definition) is 7. The minimum Gasteiger partial charge on any atom is -0.445 e. The van der Waals surface area contributed by atoms with Gasteiger partial charge in [-0.15, -0.1) is 0 Å². The van der Waals surface area contributed by atoms with Crippen molar-refractivity contribution in [3.05, 3.63) is 60.3 Å². The molecule has 174 valence electrons. The summed E-state index contributed by atoms with van der Waals surface area (Å²) in [6, 6.07) is 13.1. The maximum atomic E-state index is 11.9. The van der Waals surface area contributed by atoms with E-state index in [1.807, 2.05) is 24.4 Å². The molecule has 2 heterocycles. The van der Waals surface area contributed by atoms with Crippen LogP contribution in [0.3, 0.4) is 0 Å². The minimum absolute atomic E-state index is 0.0178. The van der Waals surface area contributed by atoms with Gasteiger partial charge < -0.3 is 9.73 Å². The van der Waals surface area contributed by atoms with Crippen LogP contribution in [0.5, 0.6) is 0 Å². The number of nitrogens with zero attached hydrogens (tertiary/aromatic N) is 2. The zero-order chi connectivity index (χ0) is 23.6. The predicted molar refractivity (Wildman–Crippen MR) is 135 cm³/mol. The number of aromatic nitrogens is 2. The number of benzene rings is 2. The Bertz CT molecular complexity index is 1370. The Labute approximate surface area is 199 Å². The highest BCUT2D eigenvalue weighted by molar-refractivity contribution is 7.90. The largest absolute Gasteiger partial charge is 0.445 e. The number of rotatable bonds is 8. The van der Waals surface area contributed by atoms with Crippen LogP contribution in [0.25, 0.3) is 21.3 Å². The number of anilines is 1. The van der Waals surface area contributed by atoms with Gasteiger partial charge in [0.1, 0.15) is 5.76 Å². The quantitative estimate of drug-likeness (QED) is 0.305. The number of fused-ring (bicyclic) bond motifs is 1. The Morgan fingerprint density at radius 3 is 2.58 bits per heavy atom. The molecule has 1 N–H and O–H groups in total. The molecule has 0 fully saturated rings. The van der Waals surface area contributed by atoms with Gasteiger partial charge in [0.2, 0.25) is 0 Å². The SMILES string of the molecule is CC(C)(C)c1cnc(CCCCNc2nc3ccc(-c4cccc(S(C)(=O)=O)c4)cc3s2)o1. The molecule has 6 nitrogen and oxygen atoms in total. The molecule has 4 rings (SSSR count). The molecule has 0 unspecified atom stereocenters. The summed E-state index contributed by atoms with van der Waals surface area (Å²) < 4.78 is 30.7. The number of nitrogens with one attached hydrogen (secondary N) is 1. The Balaban J connectivity index is 1.35. The summed E-state index contributed by atoms with van der Waals surface area (Å²) in [7, 11) is -3.24. The van der Waals surface area contributed by atoms with E-state index < -0.39 is 9.84 Å². The molecule has 4 aromatic rings. The van der Waals surface area contributed by atoms with Crippen molar-refractivity contribution in [1.29, 1.82) is 0 Å². The Kier molecular flexibility index (Phi) is 6.59. The van der Waals surface area contributed by atoms with Crippen molar-refractivity contribution in [2.24, 2.45) is 0 Å². The lowest BCUT2D eigenvalue weighted by atomic mass is 9.94. The lowest BCUT2D eigenvalue weighted by molar-refractivity contribution is 0.379. The van der Waals surface area contributed by atoms with Crippen LogP contribution in [0.4, 0.5) is 5.13 Å². The number of oxazole rings is 1. The molecular formula is C25H29N3O3S2. The molecule has 2 aromatic heterocycles. The molecule has 0 saturated carbocycles. The molecule has 0 aliphatic heterocycles. The van der Waals surface area contributed by atoms with Crippen LogP contribution in [0, 0.1) is 0 Å². The second-order valence-corrected chi connectivity index (χ2v) is 12.3. The highest BCUT2D eigenvalue weighted by Gasteiger charge is 2.19. The van der Waals surface area contributed by atoms with Crippen molar-refractivity contribution < 1.29 is 12.8 Å². The van der Waals surface area contributed by atoms with Gasteiger partial charge in [-0.05, 0) is 48.2 Å². The van der Waals surface area contributed by atoms with Crippen molar-refractivity contribution in [3.63, 3.8) is 0 Å². The third-order valence-corrected chi connectivity index (χ3v) is 7.46. The molecule has 0 atom stereocenters. The highest BCUT2D eigenvalue weighted by atomic mass is 32.2. The van der Waals surface area contributed by atoms with Crippen LogP contribution < -0.4 is 5.32 Å². The average Bonchev–Trinajstić information content (AvgIpc) is 3.39. The van der Waals surface area contributed by atoms with Crippen molar-refractivity contribution in [2.75, 3.05) is 18.1 Å². The van der Waals surface area contributed by atoms with Gasteiger partial charge in [-0.25, -0.2) is 18.4 Å². The first kappa shape index (κ1) is 23.4. The van der Waals surface area contributed by atoms with E-state index in [1.54, 1.807) is 29.5 Å². The molecule has 0 saturated heterocycles. The van der Waals surface area contributed by atoms with Gasteiger partial charge in [0.05, 0.1) is 21.3 Å². The third-order valence-electron chi connectivity index (χ3n) is 5.37. The standard InChI is InChI=1S/C25H29N3O3S2/c1-25(2,3)22-16-27-23(31-22)10-5-6-13-26-24-28-20-12-11-18(15-21(20)32-24)17-8-7-9-19(14-17)33(4,29)30/h7-9,11-12,14-16H,5-6,10,13H2,1-4H3,(H,26,28). The Hall–Kier alpha value is -2.71. The van der Waals surface area contributed by atoms with Crippen molar-refractivity contribution in [1.82, 2.24) is 9.97 Å².